The van der Waals surface area contributed by atoms with Crippen LogP contribution in [0.3, 0.4) is 0 Å². The van der Waals surface area contributed by atoms with Crippen LogP contribution in [0.25, 0.3) is 0 Å². The average Bonchev–Trinajstić information content (AvgIpc) is 3.36. The van der Waals surface area contributed by atoms with E-state index in [1.165, 1.54) is 41.7 Å². The largest absolute Gasteiger partial charge is 0.343 e. The summed E-state index contributed by atoms with van der Waals surface area (Å²) in [6.45, 7) is 4.45. The van der Waals surface area contributed by atoms with Crippen molar-refractivity contribution in [2.45, 2.75) is 43.8 Å². The molecule has 0 N–H and O–H groups in total. The molecule has 3 nitrogen and oxygen atoms in total. The number of likely N-dealkylation sites (tertiary alicyclic amines) is 1. The summed E-state index contributed by atoms with van der Waals surface area (Å²) in [5.74, 6) is -0.323. The van der Waals surface area contributed by atoms with E-state index >= 15 is 0 Å². The molecule has 178 valence electrons. The maximum atomic E-state index is 13.4. The lowest BCUT2D eigenvalue weighted by molar-refractivity contribution is -0.172. The highest BCUT2D eigenvalue weighted by Gasteiger charge is 2.38. The zero-order chi connectivity index (χ0) is 23.2. The van der Waals surface area contributed by atoms with Gasteiger partial charge in [-0.15, -0.1) is 0 Å². The Bertz CT molecular complexity index is 1040. The van der Waals surface area contributed by atoms with Gasteiger partial charge in [-0.25, -0.2) is 4.39 Å². The fourth-order valence-corrected chi connectivity index (χ4v) is 5.53. The van der Waals surface area contributed by atoms with E-state index in [2.05, 4.69) is 59.5 Å². The van der Waals surface area contributed by atoms with Gasteiger partial charge >= 0.3 is 0 Å². The van der Waals surface area contributed by atoms with E-state index in [0.717, 1.165) is 44.5 Å². The second-order valence-electron chi connectivity index (χ2n) is 9.54. The molecular weight excluding hydrogens is 425 g/mol. The van der Waals surface area contributed by atoms with Crippen LogP contribution in [0.1, 0.15) is 53.9 Å². The Hall–Kier alpha value is -2.53. The Labute approximate surface area is 202 Å². The number of rotatable bonds is 8. The molecular formula is C30H34FNO2. The van der Waals surface area contributed by atoms with E-state index in [1.807, 2.05) is 0 Å². The van der Waals surface area contributed by atoms with Gasteiger partial charge in [-0.2, -0.15) is 0 Å². The molecule has 0 saturated carbocycles. The maximum Gasteiger partial charge on any atom is 0.195 e. The van der Waals surface area contributed by atoms with E-state index in [1.54, 1.807) is 12.1 Å². The van der Waals surface area contributed by atoms with Gasteiger partial charge in [0.25, 0.3) is 0 Å². The minimum atomic E-state index is -0.720. The molecule has 0 spiro atoms. The van der Waals surface area contributed by atoms with E-state index in [0.29, 0.717) is 19.1 Å². The van der Waals surface area contributed by atoms with Gasteiger partial charge < -0.3 is 14.4 Å². The highest BCUT2D eigenvalue weighted by molar-refractivity contribution is 5.35. The number of hydrogen-bond acceptors (Lipinski definition) is 3. The summed E-state index contributed by atoms with van der Waals surface area (Å²) >= 11 is 0. The molecule has 0 radical (unpaired) electrons. The quantitative estimate of drug-likeness (QED) is 0.396. The molecule has 0 atom stereocenters. The van der Waals surface area contributed by atoms with Crippen LogP contribution in [0.2, 0.25) is 0 Å². The van der Waals surface area contributed by atoms with Gasteiger partial charge in [-0.3, -0.25) is 0 Å². The summed E-state index contributed by atoms with van der Waals surface area (Å²) in [5, 5.41) is 0. The van der Waals surface area contributed by atoms with Crippen LogP contribution < -0.4 is 0 Å². The normalized spacial score (nSPS) is 18.9. The summed E-state index contributed by atoms with van der Waals surface area (Å²) in [4.78, 5) is 2.57. The van der Waals surface area contributed by atoms with Gasteiger partial charge in [0, 0.05) is 12.0 Å². The van der Waals surface area contributed by atoms with Crippen LogP contribution in [0, 0.1) is 5.82 Å². The van der Waals surface area contributed by atoms with Crippen LogP contribution in [0.5, 0.6) is 0 Å². The number of benzene rings is 3. The lowest BCUT2D eigenvalue weighted by atomic mass is 9.85. The Morgan fingerprint density at radius 2 is 1.50 bits per heavy atom. The Morgan fingerprint density at radius 1 is 0.824 bits per heavy atom. The highest BCUT2D eigenvalue weighted by Crippen LogP contribution is 2.37. The monoisotopic (exact) mass is 459 g/mol. The van der Waals surface area contributed by atoms with Gasteiger partial charge in [-0.1, -0.05) is 66.7 Å². The van der Waals surface area contributed by atoms with Crippen LogP contribution in [0.15, 0.2) is 78.9 Å². The van der Waals surface area contributed by atoms with Gasteiger partial charge in [0.15, 0.2) is 5.79 Å². The fourth-order valence-electron chi connectivity index (χ4n) is 5.53. The predicted molar refractivity (Wildman–Crippen MR) is 133 cm³/mol. The van der Waals surface area contributed by atoms with E-state index in [-0.39, 0.29) is 5.82 Å². The van der Waals surface area contributed by atoms with Crippen LogP contribution in [0.4, 0.5) is 4.39 Å². The first-order valence-corrected chi connectivity index (χ1v) is 12.6. The Balaban J connectivity index is 1.15. The summed E-state index contributed by atoms with van der Waals surface area (Å²) in [5.41, 5.74) is 5.27. The third kappa shape index (κ3) is 5.41. The summed E-state index contributed by atoms with van der Waals surface area (Å²) in [7, 11) is 0. The first kappa shape index (κ1) is 23.2. The molecule has 0 aliphatic carbocycles. The minimum absolute atomic E-state index is 0.231. The first-order chi connectivity index (χ1) is 16.7. The first-order valence-electron chi connectivity index (χ1n) is 12.6. The van der Waals surface area contributed by atoms with Crippen molar-refractivity contribution in [1.29, 1.82) is 0 Å². The minimum Gasteiger partial charge on any atom is -0.343 e. The van der Waals surface area contributed by atoms with Crippen molar-refractivity contribution >= 4 is 0 Å². The number of hydrogen-bond donors (Lipinski definition) is 0. The van der Waals surface area contributed by atoms with Crippen LogP contribution in [-0.2, 0) is 21.7 Å². The molecule has 3 aromatic carbocycles. The molecule has 4 heteroatoms. The Morgan fingerprint density at radius 3 is 2.24 bits per heavy atom. The highest BCUT2D eigenvalue weighted by atomic mass is 19.1. The molecule has 2 saturated heterocycles. The van der Waals surface area contributed by atoms with Crippen LogP contribution in [-0.4, -0.2) is 37.7 Å². The lowest BCUT2D eigenvalue weighted by Gasteiger charge is -2.34. The van der Waals surface area contributed by atoms with Crippen LogP contribution >= 0.6 is 0 Å². The third-order valence-corrected chi connectivity index (χ3v) is 7.34. The third-order valence-electron chi connectivity index (χ3n) is 7.34. The molecule has 2 aliphatic rings. The SMILES string of the molecule is Fc1ccc(C2(CCCN3CCC(c4ccccc4Cc4ccccc4)CC3)OCCO2)cc1. The Kier molecular flexibility index (Phi) is 7.39. The van der Waals surface area contributed by atoms with Gasteiger partial charge in [0.05, 0.1) is 13.2 Å². The maximum absolute atomic E-state index is 13.4. The lowest BCUT2D eigenvalue weighted by Crippen LogP contribution is -2.35. The van der Waals surface area contributed by atoms with E-state index < -0.39 is 5.79 Å². The van der Waals surface area contributed by atoms with Crippen molar-refractivity contribution in [3.63, 3.8) is 0 Å². The van der Waals surface area contributed by atoms with Gasteiger partial charge in [0.2, 0.25) is 0 Å². The van der Waals surface area contributed by atoms with Crippen molar-refractivity contribution in [1.82, 2.24) is 4.90 Å². The molecule has 0 unspecified atom stereocenters. The summed E-state index contributed by atoms with van der Waals surface area (Å²) in [6.07, 6.45) is 5.18. The van der Waals surface area contributed by atoms with Crippen molar-refractivity contribution in [2.75, 3.05) is 32.8 Å². The van der Waals surface area contributed by atoms with Crippen molar-refractivity contribution in [3.8, 4) is 0 Å². The zero-order valence-electron chi connectivity index (χ0n) is 19.8. The molecule has 2 fully saturated rings. The summed E-state index contributed by atoms with van der Waals surface area (Å²) < 4.78 is 25.5. The predicted octanol–water partition coefficient (Wildman–Crippen LogP) is 6.28. The molecule has 0 aromatic heterocycles. The van der Waals surface area contributed by atoms with Crippen molar-refractivity contribution in [3.05, 3.63) is 107 Å². The second kappa shape index (κ2) is 10.8. The van der Waals surface area contributed by atoms with Gasteiger partial charge in [-0.05, 0) is 80.1 Å². The number of nitrogens with zero attached hydrogens (tertiary/aromatic N) is 1. The molecule has 2 aliphatic heterocycles. The molecule has 5 rings (SSSR count). The topological polar surface area (TPSA) is 21.7 Å². The molecule has 34 heavy (non-hydrogen) atoms. The number of halogens is 1. The molecule has 0 bridgehead atoms. The summed E-state index contributed by atoms with van der Waals surface area (Å²) in [6, 6.07) is 26.3. The van der Waals surface area contributed by atoms with E-state index in [9.17, 15) is 4.39 Å². The van der Waals surface area contributed by atoms with Crippen molar-refractivity contribution in [2.24, 2.45) is 0 Å². The second-order valence-corrected chi connectivity index (χ2v) is 9.54. The van der Waals surface area contributed by atoms with Crippen molar-refractivity contribution < 1.29 is 13.9 Å². The molecule has 0 amide bonds. The number of piperidine rings is 1. The van der Waals surface area contributed by atoms with Gasteiger partial charge in [0.1, 0.15) is 5.82 Å². The average molecular weight is 460 g/mol. The number of ether oxygens (including phenoxy) is 2. The zero-order valence-corrected chi connectivity index (χ0v) is 19.8. The molecule has 3 aromatic rings. The fraction of sp³-hybridized carbons (Fsp3) is 0.400. The molecule has 2 heterocycles. The standard InChI is InChI=1S/C30H34FNO2/c31-28-13-11-27(12-14-28)30(33-21-22-34-30)17-6-18-32-19-15-25(16-20-32)29-10-5-4-9-26(29)23-24-7-2-1-3-8-24/h1-5,7-14,25H,6,15-23H2. The smallest absolute Gasteiger partial charge is 0.195 e. The van der Waals surface area contributed by atoms with E-state index in [4.69, 9.17) is 9.47 Å².